The Morgan fingerprint density at radius 3 is 2.57 bits per heavy atom. The summed E-state index contributed by atoms with van der Waals surface area (Å²) in [4.78, 5) is 0.859. The zero-order valence-corrected chi connectivity index (χ0v) is 16.3. The Kier molecular flexibility index (Phi) is 4.89. The van der Waals surface area contributed by atoms with Crippen LogP contribution in [0.3, 0.4) is 0 Å². The summed E-state index contributed by atoms with van der Waals surface area (Å²) in [6, 6.07) is 19.4. The Labute approximate surface area is 166 Å². The van der Waals surface area contributed by atoms with Crippen molar-refractivity contribution in [1.82, 2.24) is 9.78 Å². The highest BCUT2D eigenvalue weighted by Gasteiger charge is 2.24. The first-order valence-electron chi connectivity index (χ1n) is 8.48. The lowest BCUT2D eigenvalue weighted by atomic mass is 10.2. The molecule has 0 radical (unpaired) electrons. The third-order valence-corrected chi connectivity index (χ3v) is 6.32. The van der Waals surface area contributed by atoms with Gasteiger partial charge in [0, 0.05) is 12.3 Å². The van der Waals surface area contributed by atoms with E-state index in [9.17, 15) is 13.5 Å². The molecule has 142 valence electrons. The number of aromatic hydroxyl groups is 1. The zero-order valence-electron chi connectivity index (χ0n) is 14.7. The van der Waals surface area contributed by atoms with Crippen LogP contribution >= 0.6 is 11.3 Å². The molecule has 2 heterocycles. The molecular weight excluding hydrogens is 394 g/mol. The van der Waals surface area contributed by atoms with Crippen LogP contribution in [0.1, 0.15) is 5.56 Å². The van der Waals surface area contributed by atoms with Gasteiger partial charge in [-0.1, -0.05) is 42.5 Å². The van der Waals surface area contributed by atoms with Gasteiger partial charge in [-0.05, 0) is 29.1 Å². The van der Waals surface area contributed by atoms with E-state index in [1.54, 1.807) is 16.8 Å². The van der Waals surface area contributed by atoms with Gasteiger partial charge in [0.05, 0.1) is 17.1 Å². The summed E-state index contributed by atoms with van der Waals surface area (Å²) in [5.74, 6) is -0.0153. The first-order valence-corrected chi connectivity index (χ1v) is 10.8. The van der Waals surface area contributed by atoms with Crippen LogP contribution < -0.4 is 4.72 Å². The minimum atomic E-state index is -3.90. The predicted molar refractivity (Wildman–Crippen MR) is 110 cm³/mol. The van der Waals surface area contributed by atoms with E-state index in [0.717, 1.165) is 10.4 Å². The molecule has 6 nitrogen and oxygen atoms in total. The highest BCUT2D eigenvalue weighted by Crippen LogP contribution is 2.31. The first kappa shape index (κ1) is 18.3. The van der Waals surface area contributed by atoms with Gasteiger partial charge < -0.3 is 5.11 Å². The Balaban J connectivity index is 1.74. The number of rotatable bonds is 6. The van der Waals surface area contributed by atoms with Crippen molar-refractivity contribution < 1.29 is 13.5 Å². The van der Waals surface area contributed by atoms with Crippen molar-refractivity contribution in [2.24, 2.45) is 0 Å². The number of nitrogens with zero attached hydrogens (tertiary/aromatic N) is 2. The molecule has 8 heteroatoms. The quantitative estimate of drug-likeness (QED) is 0.499. The normalized spacial score (nSPS) is 11.4. The molecule has 0 aliphatic heterocycles. The molecule has 0 aliphatic carbocycles. The molecule has 2 aromatic carbocycles. The maximum atomic E-state index is 13.1. The molecular formula is C20H17N3O3S2. The van der Waals surface area contributed by atoms with Crippen molar-refractivity contribution >= 4 is 27.0 Å². The molecule has 0 atom stereocenters. The molecule has 0 amide bonds. The molecule has 2 aromatic heterocycles. The summed E-state index contributed by atoms with van der Waals surface area (Å²) >= 11 is 1.43. The number of hydrogen-bond acceptors (Lipinski definition) is 5. The third kappa shape index (κ3) is 3.92. The third-order valence-electron chi connectivity index (χ3n) is 4.06. The number of thiophene rings is 1. The van der Waals surface area contributed by atoms with Crippen LogP contribution in [0, 0.1) is 0 Å². The molecule has 4 rings (SSSR count). The van der Waals surface area contributed by atoms with E-state index in [0.29, 0.717) is 12.2 Å². The fraction of sp³-hybridized carbons (Fsp3) is 0.0500. The topological polar surface area (TPSA) is 84.2 Å². The summed E-state index contributed by atoms with van der Waals surface area (Å²) in [6.07, 6.45) is 1.53. The largest absolute Gasteiger partial charge is 0.508 e. The second kappa shape index (κ2) is 7.49. The van der Waals surface area contributed by atoms with Gasteiger partial charge in [-0.15, -0.1) is 11.3 Å². The van der Waals surface area contributed by atoms with Crippen LogP contribution in [0.25, 0.3) is 10.6 Å². The Hall–Kier alpha value is -3.10. The zero-order chi connectivity index (χ0) is 19.6. The lowest BCUT2D eigenvalue weighted by molar-refractivity contribution is 0.475. The van der Waals surface area contributed by atoms with Gasteiger partial charge in [0.2, 0.25) is 0 Å². The Bertz CT molecular complexity index is 1180. The van der Waals surface area contributed by atoms with E-state index in [-0.39, 0.29) is 16.3 Å². The van der Waals surface area contributed by atoms with E-state index < -0.39 is 10.0 Å². The highest BCUT2D eigenvalue weighted by atomic mass is 32.2. The molecule has 0 aliphatic rings. The molecule has 2 N–H and O–H groups in total. The van der Waals surface area contributed by atoms with Crippen molar-refractivity contribution in [3.8, 4) is 16.3 Å². The van der Waals surface area contributed by atoms with Crippen molar-refractivity contribution in [2.75, 3.05) is 4.72 Å². The number of hydrogen-bond donors (Lipinski definition) is 2. The van der Waals surface area contributed by atoms with Gasteiger partial charge >= 0.3 is 0 Å². The summed E-state index contributed by atoms with van der Waals surface area (Å²) < 4.78 is 30.3. The van der Waals surface area contributed by atoms with Crippen LogP contribution in [0.15, 0.2) is 83.2 Å². The maximum Gasteiger partial charge on any atom is 0.265 e. The van der Waals surface area contributed by atoms with E-state index in [4.69, 9.17) is 0 Å². The molecule has 0 saturated heterocycles. The molecule has 0 bridgehead atoms. The smallest absolute Gasteiger partial charge is 0.265 e. The molecule has 0 unspecified atom stereocenters. The Morgan fingerprint density at radius 1 is 1.04 bits per heavy atom. The van der Waals surface area contributed by atoms with Crippen molar-refractivity contribution in [3.63, 3.8) is 0 Å². The van der Waals surface area contributed by atoms with Gasteiger partial charge in [-0.25, -0.2) is 8.42 Å². The van der Waals surface area contributed by atoms with Gasteiger partial charge in [0.15, 0.2) is 0 Å². The number of nitrogens with one attached hydrogen (secondary N) is 1. The summed E-state index contributed by atoms with van der Waals surface area (Å²) in [5.41, 5.74) is 1.71. The molecule has 0 saturated carbocycles. The lowest BCUT2D eigenvalue weighted by Gasteiger charge is -2.07. The summed E-state index contributed by atoms with van der Waals surface area (Å²) in [7, 11) is -3.90. The number of sulfonamides is 1. The molecule has 4 aromatic rings. The number of aromatic nitrogens is 2. The predicted octanol–water partition coefficient (Wildman–Crippen LogP) is 4.17. The Morgan fingerprint density at radius 2 is 1.86 bits per heavy atom. The van der Waals surface area contributed by atoms with Crippen molar-refractivity contribution in [2.45, 2.75) is 11.4 Å². The summed E-state index contributed by atoms with van der Waals surface area (Å²) in [5, 5.41) is 16.0. The van der Waals surface area contributed by atoms with E-state index >= 15 is 0 Å². The highest BCUT2D eigenvalue weighted by molar-refractivity contribution is 7.92. The monoisotopic (exact) mass is 411 g/mol. The fourth-order valence-electron chi connectivity index (χ4n) is 2.81. The van der Waals surface area contributed by atoms with Crippen LogP contribution in [0.2, 0.25) is 0 Å². The van der Waals surface area contributed by atoms with Crippen molar-refractivity contribution in [1.29, 1.82) is 0 Å². The summed E-state index contributed by atoms with van der Waals surface area (Å²) in [6.45, 7) is 0.459. The van der Waals surface area contributed by atoms with Crippen LogP contribution in [-0.2, 0) is 16.6 Å². The number of phenols is 1. The van der Waals surface area contributed by atoms with E-state index in [1.165, 1.54) is 29.7 Å². The van der Waals surface area contributed by atoms with E-state index in [1.807, 2.05) is 47.8 Å². The van der Waals surface area contributed by atoms with E-state index in [2.05, 4.69) is 9.82 Å². The molecule has 0 fully saturated rings. The number of benzene rings is 2. The SMILES string of the molecule is O=S(=O)(Nc1cccc(O)c1)c1cn(Cc2ccccc2)nc1-c1cccs1. The standard InChI is InChI=1S/C20H17N3O3S2/c24-17-9-4-8-16(12-17)22-28(25,26)19-14-23(13-15-6-2-1-3-7-15)21-20(19)18-10-5-11-27-18/h1-12,14,22,24H,13H2. The first-order chi connectivity index (χ1) is 13.5. The average molecular weight is 412 g/mol. The van der Waals surface area contributed by atoms with Crippen LogP contribution in [0.4, 0.5) is 5.69 Å². The second-order valence-corrected chi connectivity index (χ2v) is 8.76. The van der Waals surface area contributed by atoms with Crippen LogP contribution in [0.5, 0.6) is 5.75 Å². The minimum absolute atomic E-state index is 0.0153. The second-order valence-electron chi connectivity index (χ2n) is 6.16. The van der Waals surface area contributed by atoms with Crippen LogP contribution in [-0.4, -0.2) is 23.3 Å². The van der Waals surface area contributed by atoms with Gasteiger partial charge in [-0.2, -0.15) is 5.10 Å². The minimum Gasteiger partial charge on any atom is -0.508 e. The fourth-order valence-corrected chi connectivity index (χ4v) is 4.82. The lowest BCUT2D eigenvalue weighted by Crippen LogP contribution is -2.13. The number of phenolic OH excluding ortho intramolecular Hbond substituents is 1. The average Bonchev–Trinajstić information content (AvgIpc) is 3.32. The van der Waals surface area contributed by atoms with Crippen molar-refractivity contribution in [3.05, 3.63) is 83.9 Å². The van der Waals surface area contributed by atoms with Gasteiger partial charge in [0.1, 0.15) is 16.3 Å². The maximum absolute atomic E-state index is 13.1. The van der Waals surface area contributed by atoms with Gasteiger partial charge in [-0.3, -0.25) is 9.40 Å². The number of anilines is 1. The molecule has 0 spiro atoms. The van der Waals surface area contributed by atoms with Gasteiger partial charge in [0.25, 0.3) is 10.0 Å². The molecule has 28 heavy (non-hydrogen) atoms.